The molecule has 7 heteroatoms. The highest BCUT2D eigenvalue weighted by atomic mass is 32.2. The summed E-state index contributed by atoms with van der Waals surface area (Å²) >= 11 is 0. The molecule has 0 unspecified atom stereocenters. The maximum absolute atomic E-state index is 12.7. The number of nitrogens with zero attached hydrogens (tertiary/aromatic N) is 1. The zero-order valence-corrected chi connectivity index (χ0v) is 15.7. The molecule has 0 aliphatic carbocycles. The molecule has 0 saturated carbocycles. The van der Waals surface area contributed by atoms with Crippen LogP contribution in [-0.2, 0) is 15.6 Å². The van der Waals surface area contributed by atoms with Gasteiger partial charge in [-0.2, -0.15) is 0 Å². The molecule has 2 aliphatic heterocycles. The summed E-state index contributed by atoms with van der Waals surface area (Å²) in [7, 11) is -3.23. The van der Waals surface area contributed by atoms with Crippen molar-refractivity contribution in [2.45, 2.75) is 23.8 Å². The summed E-state index contributed by atoms with van der Waals surface area (Å²) in [6, 6.07) is 14.3. The van der Waals surface area contributed by atoms with Gasteiger partial charge in [-0.1, -0.05) is 30.3 Å². The Morgan fingerprint density at radius 2 is 1.70 bits per heavy atom. The minimum atomic E-state index is -3.23. The van der Waals surface area contributed by atoms with Gasteiger partial charge in [-0.25, -0.2) is 8.42 Å². The molecule has 1 fully saturated rings. The number of carbonyl (C=O) groups excluding carboxylic acids is 1. The van der Waals surface area contributed by atoms with Crippen LogP contribution in [-0.4, -0.2) is 44.4 Å². The van der Waals surface area contributed by atoms with Crippen LogP contribution in [0.3, 0.4) is 0 Å². The van der Waals surface area contributed by atoms with E-state index in [9.17, 15) is 13.2 Å². The predicted molar refractivity (Wildman–Crippen MR) is 101 cm³/mol. The number of benzene rings is 2. The first-order valence-electron chi connectivity index (χ1n) is 8.97. The van der Waals surface area contributed by atoms with Gasteiger partial charge in [0, 0.05) is 18.7 Å². The monoisotopic (exact) mass is 387 g/mol. The summed E-state index contributed by atoms with van der Waals surface area (Å²) in [5, 5.41) is -0.404. The van der Waals surface area contributed by atoms with Crippen molar-refractivity contribution in [3.8, 4) is 11.5 Å². The second-order valence-electron chi connectivity index (χ2n) is 6.85. The number of hydrogen-bond donors (Lipinski definition) is 0. The standard InChI is InChI=1S/C20H21NO5S/c22-20(16-6-7-18-19(12-16)26-14-25-18)21-10-8-17(9-11-21)27(23,24)13-15-4-2-1-3-5-15/h1-7,12,17H,8-11,13-14H2. The number of piperidine rings is 1. The molecule has 27 heavy (non-hydrogen) atoms. The lowest BCUT2D eigenvalue weighted by Crippen LogP contribution is -2.42. The van der Waals surface area contributed by atoms with E-state index in [0.29, 0.717) is 43.0 Å². The van der Waals surface area contributed by atoms with Crippen molar-refractivity contribution >= 4 is 15.7 Å². The Labute approximate surface area is 158 Å². The van der Waals surface area contributed by atoms with Gasteiger partial charge in [0.15, 0.2) is 21.3 Å². The van der Waals surface area contributed by atoms with E-state index < -0.39 is 15.1 Å². The van der Waals surface area contributed by atoms with Crippen molar-refractivity contribution in [1.29, 1.82) is 0 Å². The number of amides is 1. The van der Waals surface area contributed by atoms with E-state index in [1.54, 1.807) is 23.1 Å². The molecule has 2 aromatic carbocycles. The van der Waals surface area contributed by atoms with E-state index >= 15 is 0 Å². The quantitative estimate of drug-likeness (QED) is 0.806. The summed E-state index contributed by atoms with van der Waals surface area (Å²) in [5.74, 6) is 1.15. The number of fused-ring (bicyclic) bond motifs is 1. The van der Waals surface area contributed by atoms with Gasteiger partial charge in [0.2, 0.25) is 6.79 Å². The van der Waals surface area contributed by atoms with Gasteiger partial charge in [0.25, 0.3) is 5.91 Å². The largest absolute Gasteiger partial charge is 0.454 e. The van der Waals surface area contributed by atoms with Crippen LogP contribution < -0.4 is 9.47 Å². The van der Waals surface area contributed by atoms with Crippen LogP contribution in [0.4, 0.5) is 0 Å². The predicted octanol–water partition coefficient (Wildman–Crippen LogP) is 2.63. The second-order valence-corrected chi connectivity index (χ2v) is 9.13. The number of sulfone groups is 1. The molecule has 1 amide bonds. The summed E-state index contributed by atoms with van der Waals surface area (Å²) in [6.07, 6.45) is 0.927. The third-order valence-electron chi connectivity index (χ3n) is 5.07. The third kappa shape index (κ3) is 3.78. The maximum Gasteiger partial charge on any atom is 0.253 e. The number of carbonyl (C=O) groups is 1. The summed E-state index contributed by atoms with van der Waals surface area (Å²) < 4.78 is 36.0. The van der Waals surface area contributed by atoms with Crippen molar-refractivity contribution in [3.63, 3.8) is 0 Å². The van der Waals surface area contributed by atoms with E-state index in [1.807, 2.05) is 30.3 Å². The fraction of sp³-hybridized carbons (Fsp3) is 0.350. The van der Waals surface area contributed by atoms with Gasteiger partial charge >= 0.3 is 0 Å². The van der Waals surface area contributed by atoms with Crippen LogP contribution in [0.5, 0.6) is 11.5 Å². The third-order valence-corrected chi connectivity index (χ3v) is 7.29. The highest BCUT2D eigenvalue weighted by Crippen LogP contribution is 2.33. The first-order chi connectivity index (χ1) is 13.0. The van der Waals surface area contributed by atoms with Gasteiger partial charge in [-0.05, 0) is 36.6 Å². The molecule has 6 nitrogen and oxygen atoms in total. The molecule has 0 atom stereocenters. The van der Waals surface area contributed by atoms with E-state index in [1.165, 1.54) is 0 Å². The molecule has 0 radical (unpaired) electrons. The molecule has 0 spiro atoms. The Morgan fingerprint density at radius 3 is 2.44 bits per heavy atom. The van der Waals surface area contributed by atoms with Crippen LogP contribution in [0.1, 0.15) is 28.8 Å². The lowest BCUT2D eigenvalue weighted by Gasteiger charge is -2.32. The lowest BCUT2D eigenvalue weighted by molar-refractivity contribution is 0.0725. The second kappa shape index (κ2) is 7.23. The highest BCUT2D eigenvalue weighted by Gasteiger charge is 2.32. The summed E-state index contributed by atoms with van der Waals surface area (Å²) in [4.78, 5) is 14.4. The lowest BCUT2D eigenvalue weighted by atomic mass is 10.1. The van der Waals surface area contributed by atoms with E-state index in [0.717, 1.165) is 5.56 Å². The van der Waals surface area contributed by atoms with Gasteiger partial charge in [0.1, 0.15) is 0 Å². The first-order valence-corrected chi connectivity index (χ1v) is 10.7. The van der Waals surface area contributed by atoms with Gasteiger partial charge < -0.3 is 14.4 Å². The average Bonchev–Trinajstić information content (AvgIpc) is 3.16. The highest BCUT2D eigenvalue weighted by molar-refractivity contribution is 7.91. The number of likely N-dealkylation sites (tertiary alicyclic amines) is 1. The fourth-order valence-corrected chi connectivity index (χ4v) is 5.38. The average molecular weight is 387 g/mol. The number of hydrogen-bond acceptors (Lipinski definition) is 5. The SMILES string of the molecule is O=C(c1ccc2c(c1)OCO2)N1CCC(S(=O)(=O)Cc2ccccc2)CC1. The molecular weight excluding hydrogens is 366 g/mol. The van der Waals surface area contributed by atoms with Crippen molar-refractivity contribution in [2.24, 2.45) is 0 Å². The zero-order valence-electron chi connectivity index (χ0n) is 14.8. The van der Waals surface area contributed by atoms with Crippen LogP contribution in [0.15, 0.2) is 48.5 Å². The minimum absolute atomic E-state index is 0.0502. The van der Waals surface area contributed by atoms with Crippen molar-refractivity contribution in [2.75, 3.05) is 19.9 Å². The summed E-state index contributed by atoms with van der Waals surface area (Å²) in [6.45, 7) is 1.04. The van der Waals surface area contributed by atoms with Gasteiger partial charge in [-0.3, -0.25) is 4.79 Å². The van der Waals surface area contributed by atoms with E-state index in [2.05, 4.69) is 0 Å². The van der Waals surface area contributed by atoms with Crippen LogP contribution in [0.2, 0.25) is 0 Å². The molecular formula is C20H21NO5S. The molecule has 2 aliphatic rings. The first kappa shape index (κ1) is 17.9. The normalized spacial score (nSPS) is 17.1. The minimum Gasteiger partial charge on any atom is -0.454 e. The Balaban J connectivity index is 1.39. The Morgan fingerprint density at radius 1 is 1.00 bits per heavy atom. The molecule has 0 aromatic heterocycles. The van der Waals surface area contributed by atoms with Gasteiger partial charge in [0.05, 0.1) is 11.0 Å². The molecule has 1 saturated heterocycles. The molecule has 4 rings (SSSR count). The Kier molecular flexibility index (Phi) is 4.78. The topological polar surface area (TPSA) is 72.9 Å². The molecule has 2 aromatic rings. The molecule has 0 N–H and O–H groups in total. The summed E-state index contributed by atoms with van der Waals surface area (Å²) in [5.41, 5.74) is 1.33. The van der Waals surface area contributed by atoms with Crippen molar-refractivity contribution in [3.05, 3.63) is 59.7 Å². The van der Waals surface area contributed by atoms with E-state index in [-0.39, 0.29) is 18.5 Å². The van der Waals surface area contributed by atoms with Crippen molar-refractivity contribution < 1.29 is 22.7 Å². The van der Waals surface area contributed by atoms with Crippen LogP contribution >= 0.6 is 0 Å². The maximum atomic E-state index is 12.7. The smallest absolute Gasteiger partial charge is 0.253 e. The van der Waals surface area contributed by atoms with E-state index in [4.69, 9.17) is 9.47 Å². The zero-order chi connectivity index (χ0) is 18.9. The number of rotatable bonds is 4. The number of ether oxygens (including phenoxy) is 2. The Bertz CT molecular complexity index is 934. The fourth-order valence-electron chi connectivity index (χ4n) is 3.55. The molecule has 142 valence electrons. The molecule has 0 bridgehead atoms. The van der Waals surface area contributed by atoms with Crippen LogP contribution in [0.25, 0.3) is 0 Å². The van der Waals surface area contributed by atoms with Crippen LogP contribution in [0, 0.1) is 0 Å². The Hall–Kier alpha value is -2.54. The molecule has 2 heterocycles. The van der Waals surface area contributed by atoms with Crippen molar-refractivity contribution in [1.82, 2.24) is 4.90 Å². The van der Waals surface area contributed by atoms with Gasteiger partial charge in [-0.15, -0.1) is 0 Å².